The fraction of sp³-hybridized carbons (Fsp3) is 0.333. The molecule has 4 aromatic rings. The summed E-state index contributed by atoms with van der Waals surface area (Å²) in [5, 5.41) is 13.5. The Hall–Kier alpha value is -4.05. The summed E-state index contributed by atoms with van der Waals surface area (Å²) in [4.78, 5) is 32.9. The van der Waals surface area contributed by atoms with E-state index in [-0.39, 0.29) is 17.0 Å². The number of carbonyl (C=O) groups is 1. The Bertz CT molecular complexity index is 1550. The van der Waals surface area contributed by atoms with Crippen molar-refractivity contribution in [1.82, 2.24) is 19.6 Å². The van der Waals surface area contributed by atoms with Crippen molar-refractivity contribution in [3.8, 4) is 11.4 Å². The summed E-state index contributed by atoms with van der Waals surface area (Å²) >= 11 is 0. The minimum atomic E-state index is -1.29. The molecule has 0 atom stereocenters. The highest BCUT2D eigenvalue weighted by Gasteiger charge is 2.28. The number of hydrogen-bond acceptors (Lipinski definition) is 7. The highest BCUT2D eigenvalue weighted by Crippen LogP contribution is 2.38. The van der Waals surface area contributed by atoms with Gasteiger partial charge in [0.05, 0.1) is 11.2 Å². The van der Waals surface area contributed by atoms with Gasteiger partial charge < -0.3 is 19.1 Å². The topological polar surface area (TPSA) is 105 Å². The summed E-state index contributed by atoms with van der Waals surface area (Å²) in [7, 11) is 0. The molecule has 2 aromatic heterocycles. The van der Waals surface area contributed by atoms with Crippen molar-refractivity contribution in [2.75, 3.05) is 31.1 Å². The number of hydrogen-bond donors (Lipinski definition) is 1. The van der Waals surface area contributed by atoms with Crippen molar-refractivity contribution in [2.45, 2.75) is 32.4 Å². The van der Waals surface area contributed by atoms with Gasteiger partial charge in [-0.2, -0.15) is 4.98 Å². The number of rotatable bonds is 6. The molecular formula is C27H26FN5O4. The zero-order valence-electron chi connectivity index (χ0n) is 20.4. The molecule has 2 aliphatic rings. The summed E-state index contributed by atoms with van der Waals surface area (Å²) in [5.41, 5.74) is 2.14. The lowest BCUT2D eigenvalue weighted by Crippen LogP contribution is -2.46. The maximum Gasteiger partial charge on any atom is 0.341 e. The molecule has 2 aromatic carbocycles. The maximum absolute atomic E-state index is 15.2. The average molecular weight is 504 g/mol. The molecule has 1 N–H and O–H groups in total. The molecule has 0 unspecified atom stereocenters. The molecule has 6 rings (SSSR count). The van der Waals surface area contributed by atoms with E-state index in [9.17, 15) is 14.7 Å². The van der Waals surface area contributed by atoms with Gasteiger partial charge in [-0.05, 0) is 30.5 Å². The summed E-state index contributed by atoms with van der Waals surface area (Å²) in [5.74, 6) is -0.696. The molecule has 1 saturated carbocycles. The smallest absolute Gasteiger partial charge is 0.341 e. The number of fused-ring (bicyclic) bond motifs is 1. The maximum atomic E-state index is 15.2. The molecule has 1 aliphatic carbocycles. The number of piperazine rings is 1. The van der Waals surface area contributed by atoms with Crippen LogP contribution in [0.4, 0.5) is 10.1 Å². The van der Waals surface area contributed by atoms with Gasteiger partial charge >= 0.3 is 5.97 Å². The second-order valence-corrected chi connectivity index (χ2v) is 9.73. The van der Waals surface area contributed by atoms with E-state index in [2.05, 4.69) is 27.2 Å². The van der Waals surface area contributed by atoms with Crippen LogP contribution in [-0.4, -0.2) is 56.9 Å². The molecule has 9 nitrogen and oxygen atoms in total. The molecule has 0 spiro atoms. The van der Waals surface area contributed by atoms with Crippen molar-refractivity contribution in [2.24, 2.45) is 0 Å². The Morgan fingerprint density at radius 1 is 1.14 bits per heavy atom. The molecule has 1 saturated heterocycles. The third-order valence-electron chi connectivity index (χ3n) is 7.13. The normalized spacial score (nSPS) is 16.4. The minimum Gasteiger partial charge on any atom is -0.477 e. The summed E-state index contributed by atoms with van der Waals surface area (Å²) in [6.07, 6.45) is 3.24. The van der Waals surface area contributed by atoms with Crippen LogP contribution in [0.5, 0.6) is 0 Å². The van der Waals surface area contributed by atoms with E-state index < -0.39 is 17.2 Å². The molecule has 2 fully saturated rings. The van der Waals surface area contributed by atoms with Gasteiger partial charge in [0.1, 0.15) is 11.4 Å². The van der Waals surface area contributed by atoms with Crippen LogP contribution in [0.15, 0.2) is 51.9 Å². The molecule has 0 bridgehead atoms. The summed E-state index contributed by atoms with van der Waals surface area (Å²) < 4.78 is 22.1. The first-order valence-electron chi connectivity index (χ1n) is 12.4. The summed E-state index contributed by atoms with van der Waals surface area (Å²) in [6, 6.07) is 11.1. The highest BCUT2D eigenvalue weighted by molar-refractivity contribution is 5.93. The number of nitrogens with zero attached hydrogens (tertiary/aromatic N) is 5. The number of aromatic carboxylic acids is 1. The Kier molecular flexibility index (Phi) is 5.75. The Labute approximate surface area is 211 Å². The lowest BCUT2D eigenvalue weighted by molar-refractivity contribution is 0.0695. The lowest BCUT2D eigenvalue weighted by Gasteiger charge is -2.36. The lowest BCUT2D eigenvalue weighted by atomic mass is 10.1. The molecule has 3 heterocycles. The van der Waals surface area contributed by atoms with Gasteiger partial charge in [0, 0.05) is 62.8 Å². The number of carboxylic acid groups (broad SMARTS) is 1. The molecule has 190 valence electrons. The number of benzene rings is 2. The Morgan fingerprint density at radius 3 is 2.49 bits per heavy atom. The van der Waals surface area contributed by atoms with Crippen LogP contribution in [0.3, 0.4) is 0 Å². The zero-order chi connectivity index (χ0) is 25.7. The van der Waals surface area contributed by atoms with Gasteiger partial charge in [-0.1, -0.05) is 29.4 Å². The molecule has 0 radical (unpaired) electrons. The van der Waals surface area contributed by atoms with Crippen LogP contribution in [0.25, 0.3) is 22.3 Å². The standard InChI is InChI=1S/C27H26FN5O4/c1-16-29-26(30-37-16)18-4-2-17(3-5-18)14-31-8-10-32(11-9-31)24-13-23-20(12-22(24)28)25(34)21(27(35)36)15-33(23)19-6-7-19/h2-5,12-13,15,19H,6-11,14H2,1H3,(H,35,36). The van der Waals surface area contributed by atoms with E-state index in [4.69, 9.17) is 4.52 Å². The predicted molar refractivity (Wildman–Crippen MR) is 135 cm³/mol. The average Bonchev–Trinajstić information content (AvgIpc) is 3.64. The molecule has 37 heavy (non-hydrogen) atoms. The second kappa shape index (κ2) is 9.11. The van der Waals surface area contributed by atoms with Gasteiger partial charge in [0.2, 0.25) is 17.1 Å². The fourth-order valence-electron chi connectivity index (χ4n) is 4.99. The van der Waals surface area contributed by atoms with E-state index in [1.807, 2.05) is 21.6 Å². The quantitative estimate of drug-likeness (QED) is 0.423. The van der Waals surface area contributed by atoms with Crippen LogP contribution >= 0.6 is 0 Å². The van der Waals surface area contributed by atoms with E-state index in [1.54, 1.807) is 13.0 Å². The van der Waals surface area contributed by atoms with E-state index in [0.717, 1.165) is 43.6 Å². The first-order valence-corrected chi connectivity index (χ1v) is 12.4. The minimum absolute atomic E-state index is 0.117. The van der Waals surface area contributed by atoms with Crippen LogP contribution < -0.4 is 10.3 Å². The van der Waals surface area contributed by atoms with Crippen molar-refractivity contribution >= 4 is 22.6 Å². The largest absolute Gasteiger partial charge is 0.477 e. The summed E-state index contributed by atoms with van der Waals surface area (Å²) in [6.45, 7) is 5.34. The second-order valence-electron chi connectivity index (χ2n) is 9.73. The first-order chi connectivity index (χ1) is 17.9. The van der Waals surface area contributed by atoms with Gasteiger partial charge in [0.25, 0.3) is 0 Å². The van der Waals surface area contributed by atoms with Crippen LogP contribution in [-0.2, 0) is 6.54 Å². The van der Waals surface area contributed by atoms with Crippen LogP contribution in [0.1, 0.15) is 40.7 Å². The zero-order valence-corrected chi connectivity index (χ0v) is 20.4. The molecule has 1 aliphatic heterocycles. The van der Waals surface area contributed by atoms with E-state index >= 15 is 4.39 Å². The third-order valence-corrected chi connectivity index (χ3v) is 7.13. The SMILES string of the molecule is Cc1nc(-c2ccc(CN3CCN(c4cc5c(cc4F)c(=O)c(C(=O)O)cn5C4CC4)CC3)cc2)no1. The Morgan fingerprint density at radius 2 is 1.86 bits per heavy atom. The number of aromatic nitrogens is 3. The first kappa shape index (κ1) is 23.4. The number of halogens is 1. The number of anilines is 1. The van der Waals surface area contributed by atoms with Crippen molar-refractivity contribution in [1.29, 1.82) is 0 Å². The number of carboxylic acids is 1. The van der Waals surface area contributed by atoms with Gasteiger partial charge in [-0.15, -0.1) is 0 Å². The fourth-order valence-corrected chi connectivity index (χ4v) is 4.99. The van der Waals surface area contributed by atoms with Crippen molar-refractivity contribution in [3.05, 3.63) is 75.7 Å². The van der Waals surface area contributed by atoms with Gasteiger partial charge in [-0.25, -0.2) is 9.18 Å². The van der Waals surface area contributed by atoms with Crippen LogP contribution in [0.2, 0.25) is 0 Å². The number of pyridine rings is 1. The monoisotopic (exact) mass is 503 g/mol. The highest BCUT2D eigenvalue weighted by atomic mass is 19.1. The van der Waals surface area contributed by atoms with E-state index in [0.29, 0.717) is 36.0 Å². The Balaban J connectivity index is 1.18. The molecular weight excluding hydrogens is 477 g/mol. The predicted octanol–water partition coefficient (Wildman–Crippen LogP) is 3.85. The molecule has 10 heteroatoms. The third kappa shape index (κ3) is 4.48. The van der Waals surface area contributed by atoms with Crippen molar-refractivity contribution in [3.63, 3.8) is 0 Å². The van der Waals surface area contributed by atoms with Crippen molar-refractivity contribution < 1.29 is 18.8 Å². The number of aryl methyl sites for hydroxylation is 1. The van der Waals surface area contributed by atoms with Crippen LogP contribution in [0, 0.1) is 12.7 Å². The van der Waals surface area contributed by atoms with Gasteiger partial charge in [0.15, 0.2) is 0 Å². The van der Waals surface area contributed by atoms with Gasteiger partial charge in [-0.3, -0.25) is 9.69 Å². The van der Waals surface area contributed by atoms with E-state index in [1.165, 1.54) is 12.3 Å². The molecule has 0 amide bonds.